The topological polar surface area (TPSA) is 86.8 Å². The van der Waals surface area contributed by atoms with Gasteiger partial charge in [-0.25, -0.2) is 8.42 Å². The zero-order valence-electron chi connectivity index (χ0n) is 21.2. The second-order valence-corrected chi connectivity index (χ2v) is 11.4. The summed E-state index contributed by atoms with van der Waals surface area (Å²) in [5.41, 5.74) is -0.999. The van der Waals surface area contributed by atoms with Crippen LogP contribution in [0.5, 0.6) is 0 Å². The summed E-state index contributed by atoms with van der Waals surface area (Å²) in [6.45, 7) is 3.18. The van der Waals surface area contributed by atoms with Gasteiger partial charge in [0, 0.05) is 18.1 Å². The Bertz CT molecular complexity index is 1230. The van der Waals surface area contributed by atoms with Gasteiger partial charge in [-0.3, -0.25) is 13.9 Å². The summed E-state index contributed by atoms with van der Waals surface area (Å²) in [4.78, 5) is 27.8. The number of hydrogen-bond acceptors (Lipinski definition) is 4. The van der Waals surface area contributed by atoms with Gasteiger partial charge in [0.15, 0.2) is 0 Å². The van der Waals surface area contributed by atoms with Gasteiger partial charge in [0.25, 0.3) is 0 Å². The summed E-state index contributed by atoms with van der Waals surface area (Å²) < 4.78 is 66.1. The van der Waals surface area contributed by atoms with E-state index in [9.17, 15) is 31.2 Å². The van der Waals surface area contributed by atoms with Gasteiger partial charge in [0.2, 0.25) is 21.8 Å². The molecule has 2 aromatic carbocycles. The van der Waals surface area contributed by atoms with Crippen molar-refractivity contribution in [2.75, 3.05) is 23.7 Å². The van der Waals surface area contributed by atoms with Crippen molar-refractivity contribution in [1.29, 1.82) is 0 Å². The Morgan fingerprint density at radius 1 is 1.05 bits per heavy atom. The van der Waals surface area contributed by atoms with E-state index in [4.69, 9.17) is 23.2 Å². The van der Waals surface area contributed by atoms with Gasteiger partial charge in [-0.2, -0.15) is 13.2 Å². The van der Waals surface area contributed by atoms with E-state index < -0.39 is 51.2 Å². The van der Waals surface area contributed by atoms with E-state index in [1.807, 2.05) is 6.92 Å². The number of carbonyl (C=O) groups is 2. The number of unbranched alkanes of at least 4 members (excludes halogenated alkanes) is 1. The van der Waals surface area contributed by atoms with Crippen LogP contribution in [-0.4, -0.2) is 50.5 Å². The van der Waals surface area contributed by atoms with Crippen molar-refractivity contribution in [3.63, 3.8) is 0 Å². The molecule has 0 saturated heterocycles. The summed E-state index contributed by atoms with van der Waals surface area (Å²) in [7, 11) is -4.21. The van der Waals surface area contributed by atoms with E-state index in [0.29, 0.717) is 27.5 Å². The molecule has 0 saturated carbocycles. The molecule has 0 heterocycles. The first-order chi connectivity index (χ1) is 17.7. The number of anilines is 1. The molecule has 7 nitrogen and oxygen atoms in total. The molecule has 0 spiro atoms. The number of hydrogen-bond donors (Lipinski definition) is 1. The number of nitrogens with zero attached hydrogens (tertiary/aromatic N) is 2. The molecule has 38 heavy (non-hydrogen) atoms. The lowest BCUT2D eigenvalue weighted by Gasteiger charge is -2.33. The van der Waals surface area contributed by atoms with Crippen LogP contribution in [0.3, 0.4) is 0 Å². The number of halogens is 5. The third-order valence-electron chi connectivity index (χ3n) is 5.70. The molecule has 2 rings (SSSR count). The molecule has 0 unspecified atom stereocenters. The number of sulfonamides is 1. The molecule has 210 valence electrons. The molecule has 1 N–H and O–H groups in total. The minimum atomic E-state index is -4.84. The van der Waals surface area contributed by atoms with E-state index in [0.717, 1.165) is 31.2 Å². The van der Waals surface area contributed by atoms with Crippen LogP contribution in [0, 0.1) is 0 Å². The van der Waals surface area contributed by atoms with Gasteiger partial charge < -0.3 is 10.2 Å². The summed E-state index contributed by atoms with van der Waals surface area (Å²) in [6.07, 6.45) is -2.28. The third-order valence-corrected chi connectivity index (χ3v) is 7.43. The van der Waals surface area contributed by atoms with Gasteiger partial charge >= 0.3 is 6.18 Å². The summed E-state index contributed by atoms with van der Waals surface area (Å²) in [5, 5.41) is 2.63. The fraction of sp³-hybridized carbons (Fsp3) is 0.440. The second kappa shape index (κ2) is 13.5. The second-order valence-electron chi connectivity index (χ2n) is 8.65. The molecule has 2 amide bonds. The number of nitrogens with one attached hydrogen (secondary N) is 1. The normalized spacial score (nSPS) is 12.6. The highest BCUT2D eigenvalue weighted by Crippen LogP contribution is 2.37. The maximum atomic E-state index is 13.6. The largest absolute Gasteiger partial charge is 0.417 e. The molecular formula is C25H30Cl2F3N3O4S. The van der Waals surface area contributed by atoms with Gasteiger partial charge in [-0.05, 0) is 48.7 Å². The maximum Gasteiger partial charge on any atom is 0.417 e. The number of carbonyl (C=O) groups excluding carboxylic acids is 2. The molecule has 1 atom stereocenters. The highest BCUT2D eigenvalue weighted by molar-refractivity contribution is 7.92. The predicted molar refractivity (Wildman–Crippen MR) is 143 cm³/mol. The van der Waals surface area contributed by atoms with E-state index >= 15 is 0 Å². The average Bonchev–Trinajstić information content (AvgIpc) is 2.82. The van der Waals surface area contributed by atoms with Crippen LogP contribution in [0.2, 0.25) is 10.0 Å². The Morgan fingerprint density at radius 2 is 1.68 bits per heavy atom. The van der Waals surface area contributed by atoms with E-state index in [1.165, 1.54) is 4.90 Å². The molecule has 13 heteroatoms. The van der Waals surface area contributed by atoms with Crippen molar-refractivity contribution < 1.29 is 31.2 Å². The van der Waals surface area contributed by atoms with E-state index in [-0.39, 0.29) is 18.7 Å². The molecule has 0 bridgehead atoms. The summed E-state index contributed by atoms with van der Waals surface area (Å²) in [5.74, 6) is -1.19. The lowest BCUT2D eigenvalue weighted by molar-refractivity contribution is -0.140. The number of alkyl halides is 3. The standard InChI is InChI=1S/C25H30Cl2F3N3O4S/c1-4-6-13-31-24(35)22(5-2)32(15-17-7-9-18(26)10-8-17)23(34)16-33(38(3,36)37)19-11-12-21(27)20(14-19)25(28,29)30/h7-12,14,22H,4-6,13,15-16H2,1-3H3,(H,31,35)/t22-/m0/s1. The highest BCUT2D eigenvalue weighted by Gasteiger charge is 2.36. The van der Waals surface area contributed by atoms with Gasteiger partial charge in [0.1, 0.15) is 12.6 Å². The maximum absolute atomic E-state index is 13.6. The van der Waals surface area contributed by atoms with Crippen LogP contribution in [0.15, 0.2) is 42.5 Å². The zero-order valence-corrected chi connectivity index (χ0v) is 23.5. The summed E-state index contributed by atoms with van der Waals surface area (Å²) in [6, 6.07) is 8.17. The fourth-order valence-electron chi connectivity index (χ4n) is 3.71. The smallest absolute Gasteiger partial charge is 0.354 e. The third kappa shape index (κ3) is 8.78. The van der Waals surface area contributed by atoms with Crippen molar-refractivity contribution in [3.8, 4) is 0 Å². The number of benzene rings is 2. The van der Waals surface area contributed by atoms with Crippen molar-refractivity contribution >= 4 is 50.7 Å². The Hall–Kier alpha value is -2.50. The minimum Gasteiger partial charge on any atom is -0.354 e. The molecule has 0 aromatic heterocycles. The van der Waals surface area contributed by atoms with Gasteiger partial charge in [0.05, 0.1) is 22.5 Å². The zero-order chi connectivity index (χ0) is 28.7. The molecule has 2 aromatic rings. The van der Waals surface area contributed by atoms with Crippen molar-refractivity contribution in [2.45, 2.75) is 51.9 Å². The lowest BCUT2D eigenvalue weighted by atomic mass is 10.1. The summed E-state index contributed by atoms with van der Waals surface area (Å²) >= 11 is 11.6. The molecule has 0 radical (unpaired) electrons. The lowest BCUT2D eigenvalue weighted by Crippen LogP contribution is -2.52. The number of rotatable bonds is 12. The first-order valence-corrected chi connectivity index (χ1v) is 14.5. The van der Waals surface area contributed by atoms with Crippen molar-refractivity contribution in [2.24, 2.45) is 0 Å². The first kappa shape index (κ1) is 31.7. The van der Waals surface area contributed by atoms with Crippen LogP contribution in [-0.2, 0) is 32.3 Å². The van der Waals surface area contributed by atoms with Crippen LogP contribution in [0.1, 0.15) is 44.2 Å². The average molecular weight is 596 g/mol. The van der Waals surface area contributed by atoms with Crippen LogP contribution in [0.25, 0.3) is 0 Å². The van der Waals surface area contributed by atoms with Crippen LogP contribution in [0.4, 0.5) is 18.9 Å². The van der Waals surface area contributed by atoms with Gasteiger partial charge in [-0.15, -0.1) is 0 Å². The van der Waals surface area contributed by atoms with Crippen LogP contribution < -0.4 is 9.62 Å². The predicted octanol–water partition coefficient (Wildman–Crippen LogP) is 5.50. The Kier molecular flexibility index (Phi) is 11.3. The van der Waals surface area contributed by atoms with E-state index in [1.54, 1.807) is 31.2 Å². The highest BCUT2D eigenvalue weighted by atomic mass is 35.5. The first-order valence-electron chi connectivity index (χ1n) is 11.8. The number of amides is 2. The Labute approximate surface area is 230 Å². The monoisotopic (exact) mass is 595 g/mol. The fourth-order valence-corrected chi connectivity index (χ4v) is 4.90. The minimum absolute atomic E-state index is 0.0538. The molecule has 0 fully saturated rings. The molecule has 0 aliphatic rings. The molecule has 0 aliphatic carbocycles. The SMILES string of the molecule is CCCCNC(=O)[C@H](CC)N(Cc1ccc(Cl)cc1)C(=O)CN(c1ccc(Cl)c(C(F)(F)F)c1)S(C)(=O)=O. The molecule has 0 aliphatic heterocycles. The van der Waals surface area contributed by atoms with Gasteiger partial charge in [-0.1, -0.05) is 55.6 Å². The molecular weight excluding hydrogens is 566 g/mol. The Morgan fingerprint density at radius 3 is 2.21 bits per heavy atom. The van der Waals surface area contributed by atoms with Crippen molar-refractivity contribution in [3.05, 3.63) is 63.6 Å². The van der Waals surface area contributed by atoms with Crippen LogP contribution >= 0.6 is 23.2 Å². The quantitative estimate of drug-likeness (QED) is 0.328. The van der Waals surface area contributed by atoms with E-state index in [2.05, 4.69) is 5.32 Å². The Balaban J connectivity index is 2.48. The van der Waals surface area contributed by atoms with Crippen molar-refractivity contribution in [1.82, 2.24) is 10.2 Å².